The molecule has 0 aromatic heterocycles. The molecule has 3 heteroatoms. The number of benzene rings is 1. The minimum Gasteiger partial charge on any atom is -0.496 e. The van der Waals surface area contributed by atoms with Crippen LogP contribution in [0, 0.1) is 19.8 Å². The van der Waals surface area contributed by atoms with Crippen molar-refractivity contribution in [3.8, 4) is 5.75 Å². The Labute approximate surface area is 101 Å². The van der Waals surface area contributed by atoms with Gasteiger partial charge in [-0.3, -0.25) is 4.79 Å². The van der Waals surface area contributed by atoms with E-state index >= 15 is 0 Å². The van der Waals surface area contributed by atoms with Gasteiger partial charge in [0.05, 0.1) is 13.0 Å². The molecule has 0 radical (unpaired) electrons. The van der Waals surface area contributed by atoms with E-state index in [-0.39, 0.29) is 11.3 Å². The lowest BCUT2D eigenvalue weighted by atomic mass is 9.91. The van der Waals surface area contributed by atoms with Gasteiger partial charge >= 0.3 is 5.97 Å². The molecule has 3 nitrogen and oxygen atoms in total. The molecular weight excluding hydrogens is 216 g/mol. The molecule has 2 rings (SSSR count). The smallest absolute Gasteiger partial charge is 0.307 e. The summed E-state index contributed by atoms with van der Waals surface area (Å²) in [6, 6.07) is 4.06. The number of hydrogen-bond acceptors (Lipinski definition) is 2. The van der Waals surface area contributed by atoms with Crippen molar-refractivity contribution >= 4 is 5.97 Å². The number of ether oxygens (including phenoxy) is 1. The molecule has 1 fully saturated rings. The van der Waals surface area contributed by atoms with Crippen molar-refractivity contribution in [2.75, 3.05) is 7.11 Å². The number of methoxy groups -OCH3 is 1. The molecule has 1 aromatic carbocycles. The molecule has 1 saturated carbocycles. The van der Waals surface area contributed by atoms with Crippen LogP contribution in [0.5, 0.6) is 5.75 Å². The number of rotatable bonds is 3. The predicted molar refractivity (Wildman–Crippen MR) is 65.6 cm³/mol. The Balaban J connectivity index is 2.46. The first-order chi connectivity index (χ1) is 7.90. The van der Waals surface area contributed by atoms with Crippen LogP contribution >= 0.6 is 0 Å². The van der Waals surface area contributed by atoms with Gasteiger partial charge in [0, 0.05) is 11.0 Å². The van der Waals surface area contributed by atoms with Crippen LogP contribution in [0.4, 0.5) is 0 Å². The van der Waals surface area contributed by atoms with Crippen LogP contribution in [0.1, 0.15) is 30.0 Å². The molecule has 2 unspecified atom stereocenters. The maximum absolute atomic E-state index is 11.1. The summed E-state index contributed by atoms with van der Waals surface area (Å²) in [6.45, 7) is 6.07. The number of carboxylic acids is 1. The number of carbonyl (C=O) groups is 1. The van der Waals surface area contributed by atoms with Crippen LogP contribution in [-0.2, 0) is 10.2 Å². The van der Waals surface area contributed by atoms with Crippen molar-refractivity contribution in [3.05, 3.63) is 28.8 Å². The summed E-state index contributed by atoms with van der Waals surface area (Å²) in [7, 11) is 1.63. The van der Waals surface area contributed by atoms with Crippen LogP contribution in [0.2, 0.25) is 0 Å². The fraction of sp³-hybridized carbons (Fsp3) is 0.500. The van der Waals surface area contributed by atoms with Crippen LogP contribution in [0.3, 0.4) is 0 Å². The van der Waals surface area contributed by atoms with Gasteiger partial charge in [0.2, 0.25) is 0 Å². The van der Waals surface area contributed by atoms with Gasteiger partial charge in [0.25, 0.3) is 0 Å². The highest BCUT2D eigenvalue weighted by molar-refractivity contribution is 5.77. The summed E-state index contributed by atoms with van der Waals surface area (Å²) in [5.41, 5.74) is 3.10. The van der Waals surface area contributed by atoms with Gasteiger partial charge in [-0.2, -0.15) is 0 Å². The molecule has 1 N–H and O–H groups in total. The Kier molecular flexibility index (Phi) is 2.64. The van der Waals surface area contributed by atoms with Gasteiger partial charge in [-0.05, 0) is 37.5 Å². The zero-order valence-corrected chi connectivity index (χ0v) is 10.7. The van der Waals surface area contributed by atoms with E-state index in [9.17, 15) is 4.79 Å². The highest BCUT2D eigenvalue weighted by atomic mass is 16.5. The SMILES string of the molecule is COc1cc(C)c(C)cc1C1(C)CC1C(=O)O. The number of carboxylic acid groups (broad SMARTS) is 1. The van der Waals surface area contributed by atoms with Crippen molar-refractivity contribution in [1.29, 1.82) is 0 Å². The van der Waals surface area contributed by atoms with Gasteiger partial charge in [-0.1, -0.05) is 13.0 Å². The molecule has 92 valence electrons. The fourth-order valence-electron chi connectivity index (χ4n) is 2.43. The molecule has 1 aliphatic rings. The van der Waals surface area contributed by atoms with Crippen LogP contribution in [0.15, 0.2) is 12.1 Å². The summed E-state index contributed by atoms with van der Waals surface area (Å²) in [4.78, 5) is 11.1. The van der Waals surface area contributed by atoms with Crippen LogP contribution < -0.4 is 4.74 Å². The monoisotopic (exact) mass is 234 g/mol. The van der Waals surface area contributed by atoms with Gasteiger partial charge in [-0.25, -0.2) is 0 Å². The largest absolute Gasteiger partial charge is 0.496 e. The third-order valence-corrected chi connectivity index (χ3v) is 3.97. The molecule has 1 aliphatic carbocycles. The average molecular weight is 234 g/mol. The first kappa shape index (κ1) is 12.0. The lowest BCUT2D eigenvalue weighted by Gasteiger charge is -2.17. The van der Waals surface area contributed by atoms with E-state index in [0.29, 0.717) is 6.42 Å². The van der Waals surface area contributed by atoms with Gasteiger partial charge < -0.3 is 9.84 Å². The second-order valence-electron chi connectivity index (χ2n) is 5.15. The Bertz CT molecular complexity index is 479. The molecule has 0 saturated heterocycles. The molecule has 0 amide bonds. The standard InChI is InChI=1S/C14H18O3/c1-8-5-10(12(17-4)6-9(8)2)14(3)7-11(14)13(15)16/h5-6,11H,7H2,1-4H3,(H,15,16). The van der Waals surface area contributed by atoms with Crippen LogP contribution in [0.25, 0.3) is 0 Å². The van der Waals surface area contributed by atoms with E-state index in [1.165, 1.54) is 11.1 Å². The quantitative estimate of drug-likeness (QED) is 0.874. The topological polar surface area (TPSA) is 46.5 Å². The van der Waals surface area contributed by atoms with Crippen molar-refractivity contribution in [2.45, 2.75) is 32.6 Å². The van der Waals surface area contributed by atoms with Gasteiger partial charge in [-0.15, -0.1) is 0 Å². The third kappa shape index (κ3) is 1.79. The van der Waals surface area contributed by atoms with E-state index in [4.69, 9.17) is 9.84 Å². The van der Waals surface area contributed by atoms with Crippen molar-refractivity contribution in [3.63, 3.8) is 0 Å². The highest BCUT2D eigenvalue weighted by Gasteiger charge is 2.57. The molecule has 0 aliphatic heterocycles. The zero-order chi connectivity index (χ0) is 12.8. The average Bonchev–Trinajstić information content (AvgIpc) is 2.95. The summed E-state index contributed by atoms with van der Waals surface area (Å²) in [5, 5.41) is 9.10. The van der Waals surface area contributed by atoms with Crippen molar-refractivity contribution in [2.24, 2.45) is 5.92 Å². The molecular formula is C14H18O3. The molecule has 0 heterocycles. The normalized spacial score (nSPS) is 26.7. The maximum Gasteiger partial charge on any atom is 0.307 e. The molecule has 17 heavy (non-hydrogen) atoms. The maximum atomic E-state index is 11.1. The minimum absolute atomic E-state index is 0.268. The van der Waals surface area contributed by atoms with E-state index in [1.54, 1.807) is 7.11 Å². The second kappa shape index (κ2) is 3.76. The predicted octanol–water partition coefficient (Wildman–Crippen LogP) is 2.67. The molecule has 2 atom stereocenters. The summed E-state index contributed by atoms with van der Waals surface area (Å²) in [5.74, 6) is -0.189. The second-order valence-corrected chi connectivity index (χ2v) is 5.15. The van der Waals surface area contributed by atoms with Crippen LogP contribution in [-0.4, -0.2) is 18.2 Å². The summed E-state index contributed by atoms with van der Waals surface area (Å²) in [6.07, 6.45) is 0.696. The zero-order valence-electron chi connectivity index (χ0n) is 10.7. The van der Waals surface area contributed by atoms with Gasteiger partial charge in [0.15, 0.2) is 0 Å². The summed E-state index contributed by atoms with van der Waals surface area (Å²) >= 11 is 0. The lowest BCUT2D eigenvalue weighted by Crippen LogP contribution is -2.12. The first-order valence-corrected chi connectivity index (χ1v) is 5.78. The lowest BCUT2D eigenvalue weighted by molar-refractivity contribution is -0.138. The Morgan fingerprint density at radius 1 is 1.41 bits per heavy atom. The van der Waals surface area contributed by atoms with E-state index in [1.807, 2.05) is 26.8 Å². The molecule has 1 aromatic rings. The first-order valence-electron chi connectivity index (χ1n) is 5.78. The van der Waals surface area contributed by atoms with Crippen molar-refractivity contribution < 1.29 is 14.6 Å². The Morgan fingerprint density at radius 3 is 2.47 bits per heavy atom. The van der Waals surface area contributed by atoms with E-state index < -0.39 is 5.97 Å². The fourth-order valence-corrected chi connectivity index (χ4v) is 2.43. The highest BCUT2D eigenvalue weighted by Crippen LogP contribution is 2.56. The van der Waals surface area contributed by atoms with E-state index in [2.05, 4.69) is 6.07 Å². The third-order valence-electron chi connectivity index (χ3n) is 3.97. The number of aliphatic carboxylic acids is 1. The minimum atomic E-state index is -0.715. The van der Waals surface area contributed by atoms with E-state index in [0.717, 1.165) is 11.3 Å². The molecule has 0 spiro atoms. The van der Waals surface area contributed by atoms with Crippen molar-refractivity contribution in [1.82, 2.24) is 0 Å². The Hall–Kier alpha value is -1.51. The number of aryl methyl sites for hydroxylation is 2. The molecule has 0 bridgehead atoms. The number of hydrogen-bond donors (Lipinski definition) is 1. The van der Waals surface area contributed by atoms with Gasteiger partial charge in [0.1, 0.15) is 5.75 Å². The Morgan fingerprint density at radius 2 is 2.00 bits per heavy atom. The summed E-state index contributed by atoms with van der Waals surface area (Å²) < 4.78 is 5.38.